The molecule has 0 aliphatic heterocycles. The van der Waals surface area contributed by atoms with Gasteiger partial charge in [0.2, 0.25) is 0 Å². The minimum absolute atomic E-state index is 0.599. The van der Waals surface area contributed by atoms with Crippen LogP contribution in [0.2, 0.25) is 0 Å². The van der Waals surface area contributed by atoms with Crippen LogP contribution >= 0.6 is 0 Å². The van der Waals surface area contributed by atoms with Gasteiger partial charge in [0.25, 0.3) is 0 Å². The first-order valence-electron chi connectivity index (χ1n) is 6.64. The lowest BCUT2D eigenvalue weighted by atomic mass is 10.1. The van der Waals surface area contributed by atoms with E-state index in [0.29, 0.717) is 12.1 Å². The number of hydrogen-bond donors (Lipinski definition) is 1. The average Bonchev–Trinajstić information content (AvgIpc) is 2.26. The van der Waals surface area contributed by atoms with Crippen LogP contribution in [0.5, 0.6) is 0 Å². The van der Waals surface area contributed by atoms with Crippen LogP contribution in [0.3, 0.4) is 0 Å². The summed E-state index contributed by atoms with van der Waals surface area (Å²) >= 11 is 0. The minimum Gasteiger partial charge on any atom is -0.313 e. The number of likely N-dealkylation sites (N-methyl/N-ethyl adjacent to an activating group) is 1. The Morgan fingerprint density at radius 1 is 1.07 bits per heavy atom. The Kier molecular flexibility index (Phi) is 9.12. The van der Waals surface area contributed by atoms with Gasteiger partial charge in [0.05, 0.1) is 0 Å². The van der Waals surface area contributed by atoms with E-state index in [2.05, 4.69) is 44.8 Å². The highest BCUT2D eigenvalue weighted by atomic mass is 15.2. The second-order valence-electron chi connectivity index (χ2n) is 4.47. The second-order valence-corrected chi connectivity index (χ2v) is 4.47. The van der Waals surface area contributed by atoms with Gasteiger partial charge in [-0.25, -0.2) is 0 Å². The topological polar surface area (TPSA) is 15.3 Å². The van der Waals surface area contributed by atoms with Crippen molar-refractivity contribution >= 4 is 0 Å². The van der Waals surface area contributed by atoms with E-state index in [0.717, 1.165) is 6.54 Å². The second kappa shape index (κ2) is 9.17. The number of nitrogens with one attached hydrogen (secondary N) is 1. The lowest BCUT2D eigenvalue weighted by Gasteiger charge is -2.32. The molecule has 92 valence electrons. The van der Waals surface area contributed by atoms with Crippen molar-refractivity contribution < 1.29 is 0 Å². The Bertz CT molecular complexity index is 136. The summed E-state index contributed by atoms with van der Waals surface area (Å²) in [4.78, 5) is 2.58. The van der Waals surface area contributed by atoms with Crippen LogP contribution in [0.1, 0.15) is 53.9 Å². The molecule has 2 heteroatoms. The molecule has 0 saturated carbocycles. The molecular weight excluding hydrogens is 184 g/mol. The monoisotopic (exact) mass is 214 g/mol. The van der Waals surface area contributed by atoms with Crippen molar-refractivity contribution in [3.8, 4) is 0 Å². The predicted molar refractivity (Wildman–Crippen MR) is 69.4 cm³/mol. The first kappa shape index (κ1) is 14.9. The molecule has 0 rings (SSSR count). The van der Waals surface area contributed by atoms with Gasteiger partial charge in [0, 0.05) is 12.1 Å². The SMILES string of the molecule is CCCCN(CC)C(C)C(C)NCCC. The molecule has 0 fully saturated rings. The predicted octanol–water partition coefficient (Wildman–Crippen LogP) is 2.89. The Balaban J connectivity index is 3.93. The van der Waals surface area contributed by atoms with Gasteiger partial charge in [0.15, 0.2) is 0 Å². The highest BCUT2D eigenvalue weighted by molar-refractivity contribution is 4.76. The molecule has 0 radical (unpaired) electrons. The summed E-state index contributed by atoms with van der Waals surface area (Å²) in [6, 6.07) is 1.25. The van der Waals surface area contributed by atoms with Gasteiger partial charge in [-0.1, -0.05) is 27.2 Å². The fourth-order valence-corrected chi connectivity index (χ4v) is 1.87. The first-order chi connectivity index (χ1) is 7.17. The van der Waals surface area contributed by atoms with Crippen LogP contribution in [-0.4, -0.2) is 36.6 Å². The van der Waals surface area contributed by atoms with Crippen LogP contribution in [-0.2, 0) is 0 Å². The summed E-state index contributed by atoms with van der Waals surface area (Å²) in [7, 11) is 0. The van der Waals surface area contributed by atoms with Gasteiger partial charge in [0.1, 0.15) is 0 Å². The van der Waals surface area contributed by atoms with Gasteiger partial charge in [-0.2, -0.15) is 0 Å². The number of rotatable bonds is 9. The first-order valence-corrected chi connectivity index (χ1v) is 6.64. The Labute approximate surface area is 96.4 Å². The summed E-state index contributed by atoms with van der Waals surface area (Å²) in [6.07, 6.45) is 3.83. The standard InChI is InChI=1S/C13H30N2/c1-6-9-11-15(8-3)13(5)12(4)14-10-7-2/h12-14H,6-11H2,1-5H3. The van der Waals surface area contributed by atoms with E-state index < -0.39 is 0 Å². The third kappa shape index (κ3) is 6.16. The fourth-order valence-electron chi connectivity index (χ4n) is 1.87. The van der Waals surface area contributed by atoms with Crippen LogP contribution in [0.15, 0.2) is 0 Å². The molecule has 2 atom stereocenters. The number of hydrogen-bond acceptors (Lipinski definition) is 2. The Morgan fingerprint density at radius 3 is 2.20 bits per heavy atom. The molecule has 0 aromatic rings. The maximum atomic E-state index is 3.58. The average molecular weight is 214 g/mol. The molecule has 0 amide bonds. The van der Waals surface area contributed by atoms with E-state index in [1.54, 1.807) is 0 Å². The maximum absolute atomic E-state index is 3.58. The van der Waals surface area contributed by atoms with Crippen molar-refractivity contribution in [1.29, 1.82) is 0 Å². The Hall–Kier alpha value is -0.0800. The van der Waals surface area contributed by atoms with Crippen molar-refractivity contribution in [3.05, 3.63) is 0 Å². The maximum Gasteiger partial charge on any atom is 0.0218 e. The zero-order valence-corrected chi connectivity index (χ0v) is 11.3. The third-order valence-electron chi connectivity index (χ3n) is 3.22. The fraction of sp³-hybridized carbons (Fsp3) is 1.00. The summed E-state index contributed by atoms with van der Waals surface area (Å²) < 4.78 is 0. The van der Waals surface area contributed by atoms with Gasteiger partial charge in [-0.05, 0) is 46.3 Å². The molecule has 0 spiro atoms. The zero-order valence-electron chi connectivity index (χ0n) is 11.3. The van der Waals surface area contributed by atoms with Gasteiger partial charge < -0.3 is 5.32 Å². The highest BCUT2D eigenvalue weighted by Gasteiger charge is 2.17. The van der Waals surface area contributed by atoms with Crippen LogP contribution in [0.4, 0.5) is 0 Å². The van der Waals surface area contributed by atoms with E-state index in [9.17, 15) is 0 Å². The van der Waals surface area contributed by atoms with Gasteiger partial charge >= 0.3 is 0 Å². The summed E-state index contributed by atoms with van der Waals surface area (Å²) in [5.41, 5.74) is 0. The molecule has 2 nitrogen and oxygen atoms in total. The molecule has 0 bridgehead atoms. The Morgan fingerprint density at radius 2 is 1.73 bits per heavy atom. The molecule has 2 unspecified atom stereocenters. The summed E-state index contributed by atoms with van der Waals surface area (Å²) in [5.74, 6) is 0. The molecule has 1 N–H and O–H groups in total. The lowest BCUT2D eigenvalue weighted by Crippen LogP contribution is -2.47. The normalized spacial score (nSPS) is 15.6. The molecule has 0 aromatic carbocycles. The van der Waals surface area contributed by atoms with E-state index in [4.69, 9.17) is 0 Å². The van der Waals surface area contributed by atoms with E-state index >= 15 is 0 Å². The third-order valence-corrected chi connectivity index (χ3v) is 3.22. The molecule has 15 heavy (non-hydrogen) atoms. The van der Waals surface area contributed by atoms with Crippen LogP contribution < -0.4 is 5.32 Å². The van der Waals surface area contributed by atoms with Gasteiger partial charge in [-0.3, -0.25) is 4.90 Å². The smallest absolute Gasteiger partial charge is 0.0218 e. The quantitative estimate of drug-likeness (QED) is 0.635. The van der Waals surface area contributed by atoms with Gasteiger partial charge in [-0.15, -0.1) is 0 Å². The zero-order chi connectivity index (χ0) is 11.7. The van der Waals surface area contributed by atoms with Crippen molar-refractivity contribution in [1.82, 2.24) is 10.2 Å². The number of unbranched alkanes of at least 4 members (excludes halogenated alkanes) is 1. The molecule has 0 heterocycles. The van der Waals surface area contributed by atoms with Crippen molar-refractivity contribution in [2.24, 2.45) is 0 Å². The lowest BCUT2D eigenvalue weighted by molar-refractivity contribution is 0.181. The van der Waals surface area contributed by atoms with E-state index in [-0.39, 0.29) is 0 Å². The van der Waals surface area contributed by atoms with Crippen LogP contribution in [0.25, 0.3) is 0 Å². The van der Waals surface area contributed by atoms with Crippen molar-refractivity contribution in [2.75, 3.05) is 19.6 Å². The summed E-state index contributed by atoms with van der Waals surface area (Å²) in [6.45, 7) is 14.9. The largest absolute Gasteiger partial charge is 0.313 e. The van der Waals surface area contributed by atoms with Crippen molar-refractivity contribution in [3.63, 3.8) is 0 Å². The van der Waals surface area contributed by atoms with E-state index in [1.165, 1.54) is 32.4 Å². The molecule has 0 aliphatic carbocycles. The molecule has 0 aliphatic rings. The number of nitrogens with zero attached hydrogens (tertiary/aromatic N) is 1. The highest BCUT2D eigenvalue weighted by Crippen LogP contribution is 2.06. The molecular formula is C13H30N2. The van der Waals surface area contributed by atoms with Crippen molar-refractivity contribution in [2.45, 2.75) is 66.0 Å². The molecule has 0 saturated heterocycles. The van der Waals surface area contributed by atoms with Crippen LogP contribution in [0, 0.1) is 0 Å². The summed E-state index contributed by atoms with van der Waals surface area (Å²) in [5, 5.41) is 3.58. The molecule has 0 aromatic heterocycles. The van der Waals surface area contributed by atoms with E-state index in [1.807, 2.05) is 0 Å². The minimum atomic E-state index is 0.599.